The lowest BCUT2D eigenvalue weighted by atomic mass is 9.76. The molecular weight excluding hydrogens is 376 g/mol. The van der Waals surface area contributed by atoms with Crippen LogP contribution in [-0.2, 0) is 10.8 Å². The molecule has 2 aromatic rings. The van der Waals surface area contributed by atoms with Crippen LogP contribution in [0.4, 0.5) is 0 Å². The van der Waals surface area contributed by atoms with Gasteiger partial charge in [0.2, 0.25) is 0 Å². The second-order valence-corrected chi connectivity index (χ2v) is 10.8. The highest BCUT2D eigenvalue weighted by atomic mass is 16.3. The van der Waals surface area contributed by atoms with E-state index in [4.69, 9.17) is 0 Å². The van der Waals surface area contributed by atoms with Crippen LogP contribution in [0.1, 0.15) is 110 Å². The molecule has 0 amide bonds. The molecule has 164 valence electrons. The van der Waals surface area contributed by atoms with Gasteiger partial charge in [-0.1, -0.05) is 65.8 Å². The summed E-state index contributed by atoms with van der Waals surface area (Å²) < 4.78 is 0. The summed E-state index contributed by atoms with van der Waals surface area (Å²) >= 11 is 0. The van der Waals surface area contributed by atoms with Gasteiger partial charge in [0.25, 0.3) is 0 Å². The third kappa shape index (κ3) is 3.82. The summed E-state index contributed by atoms with van der Waals surface area (Å²) in [5.74, 6) is 0. The maximum Gasteiger partial charge on any atom is 0.109 e. The first-order chi connectivity index (χ1) is 13.6. The van der Waals surface area contributed by atoms with E-state index in [0.717, 1.165) is 11.1 Å². The second-order valence-electron chi connectivity index (χ2n) is 10.8. The van der Waals surface area contributed by atoms with Gasteiger partial charge < -0.3 is 20.4 Å². The molecule has 4 atom stereocenters. The molecule has 0 saturated heterocycles. The Labute approximate surface area is 180 Å². The molecule has 30 heavy (non-hydrogen) atoms. The third-order valence-corrected chi connectivity index (χ3v) is 6.58. The van der Waals surface area contributed by atoms with Crippen molar-refractivity contribution in [2.24, 2.45) is 0 Å². The van der Waals surface area contributed by atoms with Gasteiger partial charge in [-0.3, -0.25) is 0 Å². The van der Waals surface area contributed by atoms with E-state index in [1.165, 1.54) is 0 Å². The summed E-state index contributed by atoms with van der Waals surface area (Å²) in [5.41, 5.74) is 5.15. The first-order valence-corrected chi connectivity index (χ1v) is 10.7. The fourth-order valence-corrected chi connectivity index (χ4v) is 4.29. The van der Waals surface area contributed by atoms with Crippen LogP contribution in [0, 0.1) is 13.8 Å². The van der Waals surface area contributed by atoms with Gasteiger partial charge in [-0.05, 0) is 69.2 Å². The largest absolute Gasteiger partial charge is 0.385 e. The topological polar surface area (TPSA) is 80.9 Å². The molecule has 0 saturated carbocycles. The number of hydrogen-bond acceptors (Lipinski definition) is 4. The second kappa shape index (κ2) is 7.45. The zero-order valence-electron chi connectivity index (χ0n) is 19.4. The first-order valence-electron chi connectivity index (χ1n) is 10.7. The van der Waals surface area contributed by atoms with Gasteiger partial charge in [-0.15, -0.1) is 0 Å². The van der Waals surface area contributed by atoms with Crippen LogP contribution in [0.2, 0.25) is 0 Å². The molecule has 0 aromatic heterocycles. The van der Waals surface area contributed by atoms with Crippen molar-refractivity contribution in [3.8, 4) is 0 Å². The van der Waals surface area contributed by atoms with E-state index in [1.807, 2.05) is 38.1 Å². The van der Waals surface area contributed by atoms with E-state index < -0.39 is 24.4 Å². The van der Waals surface area contributed by atoms with Crippen molar-refractivity contribution in [2.45, 2.75) is 90.6 Å². The van der Waals surface area contributed by atoms with Crippen LogP contribution in [-0.4, -0.2) is 20.4 Å². The van der Waals surface area contributed by atoms with Gasteiger partial charge in [0.05, 0.1) is 0 Å². The normalized spacial score (nSPS) is 24.7. The van der Waals surface area contributed by atoms with Crippen molar-refractivity contribution < 1.29 is 20.4 Å². The molecule has 4 unspecified atom stereocenters. The average Bonchev–Trinajstić information content (AvgIpc) is 2.63. The van der Waals surface area contributed by atoms with Crippen LogP contribution in [0.25, 0.3) is 0 Å². The number of hydrogen-bond donors (Lipinski definition) is 4. The zero-order chi connectivity index (χ0) is 22.8. The SMILES string of the molecule is Cc1c2cc(C(C)(C)C)cc1C(O)C(O)c1cc(C(C)(C)C)cc(c1C)C(O)C2O. The molecule has 0 radical (unpaired) electrons. The maximum absolute atomic E-state index is 11.2. The highest BCUT2D eigenvalue weighted by molar-refractivity contribution is 5.49. The Kier molecular flexibility index (Phi) is 5.70. The Hall–Kier alpha value is -1.72. The minimum Gasteiger partial charge on any atom is -0.385 e. The lowest BCUT2D eigenvalue weighted by molar-refractivity contribution is 0.00704. The van der Waals surface area contributed by atoms with Gasteiger partial charge in [-0.2, -0.15) is 0 Å². The summed E-state index contributed by atoms with van der Waals surface area (Å²) in [6.45, 7) is 16.0. The Morgan fingerprint density at radius 1 is 0.500 bits per heavy atom. The minimum absolute atomic E-state index is 0.222. The summed E-state index contributed by atoms with van der Waals surface area (Å²) in [6, 6.07) is 7.66. The maximum atomic E-state index is 11.2. The van der Waals surface area contributed by atoms with Crippen LogP contribution >= 0.6 is 0 Å². The van der Waals surface area contributed by atoms with Crippen molar-refractivity contribution in [3.63, 3.8) is 0 Å². The Balaban J connectivity index is 2.37. The molecule has 0 spiro atoms. The minimum atomic E-state index is -1.14. The number of aliphatic hydroxyl groups is 4. The monoisotopic (exact) mass is 412 g/mol. The van der Waals surface area contributed by atoms with Crippen molar-refractivity contribution >= 4 is 0 Å². The van der Waals surface area contributed by atoms with Crippen LogP contribution in [0.15, 0.2) is 24.3 Å². The Morgan fingerprint density at radius 2 is 0.700 bits per heavy atom. The van der Waals surface area contributed by atoms with Gasteiger partial charge >= 0.3 is 0 Å². The van der Waals surface area contributed by atoms with Gasteiger partial charge in [0, 0.05) is 0 Å². The van der Waals surface area contributed by atoms with E-state index >= 15 is 0 Å². The van der Waals surface area contributed by atoms with Gasteiger partial charge in [-0.25, -0.2) is 0 Å². The highest BCUT2D eigenvalue weighted by Crippen LogP contribution is 2.44. The summed E-state index contributed by atoms with van der Waals surface area (Å²) in [7, 11) is 0. The van der Waals surface area contributed by atoms with Gasteiger partial charge in [0.15, 0.2) is 0 Å². The van der Waals surface area contributed by atoms with E-state index in [9.17, 15) is 20.4 Å². The summed E-state index contributed by atoms with van der Waals surface area (Å²) in [6.07, 6.45) is -4.57. The molecule has 4 bridgehead atoms. The third-order valence-electron chi connectivity index (χ3n) is 6.58. The predicted octanol–water partition coefficient (Wildman–Crippen LogP) is 4.75. The van der Waals surface area contributed by atoms with Crippen molar-refractivity contribution in [1.82, 2.24) is 0 Å². The van der Waals surface area contributed by atoms with Crippen molar-refractivity contribution in [2.75, 3.05) is 0 Å². The molecule has 4 N–H and O–H groups in total. The molecule has 1 aliphatic carbocycles. The Bertz CT molecular complexity index is 824. The summed E-state index contributed by atoms with van der Waals surface area (Å²) in [5, 5.41) is 44.9. The van der Waals surface area contributed by atoms with Crippen molar-refractivity contribution in [1.29, 1.82) is 0 Å². The molecule has 3 rings (SSSR count). The van der Waals surface area contributed by atoms with E-state index in [0.29, 0.717) is 33.4 Å². The lowest BCUT2D eigenvalue weighted by Crippen LogP contribution is -2.24. The molecule has 4 heteroatoms. The summed E-state index contributed by atoms with van der Waals surface area (Å²) in [4.78, 5) is 0. The highest BCUT2D eigenvalue weighted by Gasteiger charge is 2.34. The molecule has 0 aliphatic heterocycles. The first kappa shape index (κ1) is 23.0. The zero-order valence-corrected chi connectivity index (χ0v) is 19.4. The van der Waals surface area contributed by atoms with E-state index in [1.54, 1.807) is 0 Å². The van der Waals surface area contributed by atoms with E-state index in [-0.39, 0.29) is 10.8 Å². The number of benzene rings is 2. The predicted molar refractivity (Wildman–Crippen MR) is 120 cm³/mol. The number of aliphatic hydroxyl groups excluding tert-OH is 4. The standard InChI is InChI=1S/C26H36O4/c1-13-17-9-15(25(3,4)5)10-18(13)22(28)24(30)20-12-16(26(6,7)8)11-19(14(20)2)23(29)21(17)27/h9-12,21-24,27-30H,1-8H3. The fraction of sp³-hybridized carbons (Fsp3) is 0.538. The lowest BCUT2D eigenvalue weighted by Gasteiger charge is -2.33. The van der Waals surface area contributed by atoms with E-state index in [2.05, 4.69) is 41.5 Å². The average molecular weight is 413 g/mol. The van der Waals surface area contributed by atoms with Crippen LogP contribution in [0.5, 0.6) is 0 Å². The smallest absolute Gasteiger partial charge is 0.109 e. The number of rotatable bonds is 0. The van der Waals surface area contributed by atoms with Crippen molar-refractivity contribution in [3.05, 3.63) is 68.8 Å². The molecule has 2 aromatic carbocycles. The molecular formula is C26H36O4. The molecule has 4 nitrogen and oxygen atoms in total. The Morgan fingerprint density at radius 3 is 0.867 bits per heavy atom. The van der Waals surface area contributed by atoms with Gasteiger partial charge in [0.1, 0.15) is 24.4 Å². The molecule has 1 aliphatic rings. The molecule has 0 heterocycles. The molecule has 0 fully saturated rings. The van der Waals surface area contributed by atoms with Crippen LogP contribution in [0.3, 0.4) is 0 Å². The van der Waals surface area contributed by atoms with Crippen LogP contribution < -0.4 is 0 Å². The fourth-order valence-electron chi connectivity index (χ4n) is 4.29. The quantitative estimate of drug-likeness (QED) is 0.504. The number of fused-ring (bicyclic) bond motifs is 4.